The number of anilines is 1. The Kier molecular flexibility index (Phi) is 6.91. The molecular formula is C18H22ClN5O2. The minimum Gasteiger partial charge on any atom is -0.350 e. The summed E-state index contributed by atoms with van der Waals surface area (Å²) in [5.41, 5.74) is 1.66. The lowest BCUT2D eigenvalue weighted by Crippen LogP contribution is -2.37. The maximum absolute atomic E-state index is 12.1. The van der Waals surface area contributed by atoms with E-state index in [1.807, 2.05) is 20.8 Å². The van der Waals surface area contributed by atoms with Crippen LogP contribution in [0.2, 0.25) is 5.02 Å². The molecule has 0 aliphatic carbocycles. The quantitative estimate of drug-likeness (QED) is 0.723. The minimum absolute atomic E-state index is 0.0120. The van der Waals surface area contributed by atoms with E-state index in [2.05, 4.69) is 25.9 Å². The van der Waals surface area contributed by atoms with E-state index >= 15 is 0 Å². The van der Waals surface area contributed by atoms with Gasteiger partial charge in [-0.25, -0.2) is 4.79 Å². The predicted molar refractivity (Wildman–Crippen MR) is 101 cm³/mol. The summed E-state index contributed by atoms with van der Waals surface area (Å²) in [4.78, 5) is 32.3. The van der Waals surface area contributed by atoms with E-state index in [9.17, 15) is 9.59 Å². The topological polar surface area (TPSA) is 96.0 Å². The highest BCUT2D eigenvalue weighted by molar-refractivity contribution is 6.34. The molecule has 0 saturated heterocycles. The minimum atomic E-state index is -0.364. The SMILES string of the molecule is CC(C)NC(=O)c1ccc(NC(=O)N[C@H](C)Cc2cnccn2)cc1Cl. The summed E-state index contributed by atoms with van der Waals surface area (Å²) in [5.74, 6) is -0.251. The summed E-state index contributed by atoms with van der Waals surface area (Å²) in [5, 5.41) is 8.57. The van der Waals surface area contributed by atoms with Gasteiger partial charge >= 0.3 is 6.03 Å². The van der Waals surface area contributed by atoms with Crippen molar-refractivity contribution in [2.24, 2.45) is 0 Å². The Hall–Kier alpha value is -2.67. The third-order valence-corrected chi connectivity index (χ3v) is 3.71. The molecule has 138 valence electrons. The summed E-state index contributed by atoms with van der Waals surface area (Å²) >= 11 is 6.16. The van der Waals surface area contributed by atoms with Crippen molar-refractivity contribution in [3.63, 3.8) is 0 Å². The number of hydrogen-bond acceptors (Lipinski definition) is 4. The fraction of sp³-hybridized carbons (Fsp3) is 0.333. The second-order valence-electron chi connectivity index (χ2n) is 6.22. The molecule has 3 amide bonds. The van der Waals surface area contributed by atoms with Gasteiger partial charge in [-0.05, 0) is 39.0 Å². The Morgan fingerprint density at radius 3 is 2.54 bits per heavy atom. The Labute approximate surface area is 157 Å². The van der Waals surface area contributed by atoms with Crippen LogP contribution in [0.25, 0.3) is 0 Å². The molecule has 2 rings (SSSR count). The van der Waals surface area contributed by atoms with Crippen LogP contribution in [0.4, 0.5) is 10.5 Å². The van der Waals surface area contributed by atoms with Crippen LogP contribution in [0.1, 0.15) is 36.8 Å². The number of hydrogen-bond donors (Lipinski definition) is 3. The molecule has 8 heteroatoms. The summed E-state index contributed by atoms with van der Waals surface area (Å²) in [7, 11) is 0. The van der Waals surface area contributed by atoms with Gasteiger partial charge in [0.15, 0.2) is 0 Å². The molecule has 2 aromatic rings. The zero-order valence-corrected chi connectivity index (χ0v) is 15.7. The van der Waals surface area contributed by atoms with Crippen molar-refractivity contribution in [1.29, 1.82) is 0 Å². The van der Waals surface area contributed by atoms with Crippen molar-refractivity contribution in [2.75, 3.05) is 5.32 Å². The molecule has 1 aromatic heterocycles. The van der Waals surface area contributed by atoms with Crippen LogP contribution < -0.4 is 16.0 Å². The van der Waals surface area contributed by atoms with Gasteiger partial charge in [-0.2, -0.15) is 0 Å². The molecular weight excluding hydrogens is 354 g/mol. The number of halogens is 1. The second kappa shape index (κ2) is 9.15. The summed E-state index contributed by atoms with van der Waals surface area (Å²) in [6.45, 7) is 5.61. The van der Waals surface area contributed by atoms with Crippen LogP contribution in [-0.2, 0) is 6.42 Å². The zero-order chi connectivity index (χ0) is 19.1. The van der Waals surface area contributed by atoms with Gasteiger partial charge in [0, 0.05) is 42.8 Å². The standard InChI is InChI=1S/C18H22ClN5O2/c1-11(2)22-17(25)15-5-4-13(9-16(15)19)24-18(26)23-12(3)8-14-10-20-6-7-21-14/h4-7,9-12H,8H2,1-3H3,(H,22,25)(H2,23,24,26)/t12-/m1/s1. The van der Waals surface area contributed by atoms with Gasteiger partial charge < -0.3 is 16.0 Å². The zero-order valence-electron chi connectivity index (χ0n) is 14.9. The Balaban J connectivity index is 1.92. The van der Waals surface area contributed by atoms with Crippen molar-refractivity contribution in [1.82, 2.24) is 20.6 Å². The molecule has 1 aromatic carbocycles. The van der Waals surface area contributed by atoms with Crippen molar-refractivity contribution < 1.29 is 9.59 Å². The molecule has 0 bridgehead atoms. The lowest BCUT2D eigenvalue weighted by Gasteiger charge is -2.15. The van der Waals surface area contributed by atoms with Gasteiger partial charge in [0.1, 0.15) is 0 Å². The highest BCUT2D eigenvalue weighted by Gasteiger charge is 2.13. The molecule has 7 nitrogen and oxygen atoms in total. The van der Waals surface area contributed by atoms with Crippen LogP contribution in [-0.4, -0.2) is 34.0 Å². The number of benzene rings is 1. The van der Waals surface area contributed by atoms with Gasteiger partial charge in [0.05, 0.1) is 16.3 Å². The van der Waals surface area contributed by atoms with Crippen LogP contribution in [0.3, 0.4) is 0 Å². The van der Waals surface area contributed by atoms with Gasteiger partial charge in [-0.3, -0.25) is 14.8 Å². The Morgan fingerprint density at radius 2 is 1.92 bits per heavy atom. The maximum Gasteiger partial charge on any atom is 0.319 e. The first-order chi connectivity index (χ1) is 12.3. The number of carbonyl (C=O) groups excluding carboxylic acids is 2. The molecule has 0 radical (unpaired) electrons. The normalized spacial score (nSPS) is 11.7. The largest absolute Gasteiger partial charge is 0.350 e. The first-order valence-corrected chi connectivity index (χ1v) is 8.65. The smallest absolute Gasteiger partial charge is 0.319 e. The summed E-state index contributed by atoms with van der Waals surface area (Å²) in [6.07, 6.45) is 5.44. The van der Waals surface area contributed by atoms with Crippen molar-refractivity contribution >= 4 is 29.2 Å². The Bertz CT molecular complexity index is 767. The monoisotopic (exact) mass is 375 g/mol. The van der Waals surface area contributed by atoms with Crippen LogP contribution in [0, 0.1) is 0 Å². The first-order valence-electron chi connectivity index (χ1n) is 8.28. The number of urea groups is 1. The highest BCUT2D eigenvalue weighted by atomic mass is 35.5. The average Bonchev–Trinajstić information content (AvgIpc) is 2.54. The van der Waals surface area contributed by atoms with Crippen LogP contribution >= 0.6 is 11.6 Å². The summed E-state index contributed by atoms with van der Waals surface area (Å²) in [6, 6.07) is 4.28. The molecule has 0 unspecified atom stereocenters. The lowest BCUT2D eigenvalue weighted by molar-refractivity contribution is 0.0943. The average molecular weight is 376 g/mol. The molecule has 0 spiro atoms. The van der Waals surface area contributed by atoms with Crippen molar-refractivity contribution in [3.8, 4) is 0 Å². The predicted octanol–water partition coefficient (Wildman–Crippen LogP) is 3.02. The van der Waals surface area contributed by atoms with Gasteiger partial charge in [-0.1, -0.05) is 11.6 Å². The number of nitrogens with one attached hydrogen (secondary N) is 3. The fourth-order valence-electron chi connectivity index (χ4n) is 2.31. The molecule has 0 fully saturated rings. The van der Waals surface area contributed by atoms with Crippen molar-refractivity contribution in [3.05, 3.63) is 53.1 Å². The summed E-state index contributed by atoms with van der Waals surface area (Å²) < 4.78 is 0. The maximum atomic E-state index is 12.1. The highest BCUT2D eigenvalue weighted by Crippen LogP contribution is 2.21. The molecule has 3 N–H and O–H groups in total. The second-order valence-corrected chi connectivity index (χ2v) is 6.63. The molecule has 0 aliphatic rings. The van der Waals surface area contributed by atoms with Gasteiger partial charge in [0.25, 0.3) is 5.91 Å². The number of amides is 3. The molecule has 0 aliphatic heterocycles. The number of carbonyl (C=O) groups is 2. The van der Waals surface area contributed by atoms with Gasteiger partial charge in [-0.15, -0.1) is 0 Å². The van der Waals surface area contributed by atoms with E-state index in [-0.39, 0.29) is 29.0 Å². The van der Waals surface area contributed by atoms with E-state index in [0.717, 1.165) is 5.69 Å². The lowest BCUT2D eigenvalue weighted by atomic mass is 10.1. The number of nitrogens with zero attached hydrogens (tertiary/aromatic N) is 2. The Morgan fingerprint density at radius 1 is 1.15 bits per heavy atom. The first kappa shape index (κ1) is 19.7. The van der Waals surface area contributed by atoms with E-state index in [4.69, 9.17) is 11.6 Å². The molecule has 26 heavy (non-hydrogen) atoms. The van der Waals surface area contributed by atoms with E-state index in [1.54, 1.807) is 36.8 Å². The van der Waals surface area contributed by atoms with E-state index in [1.165, 1.54) is 0 Å². The molecule has 1 atom stereocenters. The number of aromatic nitrogens is 2. The van der Waals surface area contributed by atoms with E-state index < -0.39 is 0 Å². The molecule has 1 heterocycles. The fourth-order valence-corrected chi connectivity index (χ4v) is 2.57. The molecule has 0 saturated carbocycles. The van der Waals surface area contributed by atoms with Crippen molar-refractivity contribution in [2.45, 2.75) is 39.3 Å². The third kappa shape index (κ3) is 6.00. The van der Waals surface area contributed by atoms with Gasteiger partial charge in [0.2, 0.25) is 0 Å². The third-order valence-electron chi connectivity index (χ3n) is 3.40. The van der Waals surface area contributed by atoms with Crippen LogP contribution in [0.15, 0.2) is 36.8 Å². The van der Waals surface area contributed by atoms with Crippen LogP contribution in [0.5, 0.6) is 0 Å². The number of rotatable bonds is 6. The van der Waals surface area contributed by atoms with E-state index in [0.29, 0.717) is 17.7 Å².